The number of fused-ring (bicyclic) bond motifs is 1. The SMILES string of the molecule is COc1c(/C=C2/N(CCC(C)OC)c3ccc(OC(F)(F)F)cc3C2(C)CCCC2C=CC=C2)c(=O)c1=O. The molecule has 0 aromatic heterocycles. The zero-order chi connectivity index (χ0) is 27.7. The third-order valence-electron chi connectivity index (χ3n) is 7.53. The van der Waals surface area contributed by atoms with Gasteiger partial charge in [0.25, 0.3) is 5.43 Å². The Balaban J connectivity index is 1.81. The summed E-state index contributed by atoms with van der Waals surface area (Å²) in [6.07, 6.45) is 7.89. The van der Waals surface area contributed by atoms with Gasteiger partial charge in [-0.15, -0.1) is 13.2 Å². The summed E-state index contributed by atoms with van der Waals surface area (Å²) in [5.74, 6) is -0.00489. The number of nitrogens with zero attached hydrogens (tertiary/aromatic N) is 1. The van der Waals surface area contributed by atoms with Crippen LogP contribution in [0.2, 0.25) is 0 Å². The molecule has 0 radical (unpaired) electrons. The van der Waals surface area contributed by atoms with E-state index in [1.807, 2.05) is 30.9 Å². The molecule has 2 aliphatic rings. The van der Waals surface area contributed by atoms with Gasteiger partial charge in [0, 0.05) is 30.5 Å². The van der Waals surface area contributed by atoms with Gasteiger partial charge in [-0.3, -0.25) is 9.59 Å². The van der Waals surface area contributed by atoms with Crippen molar-refractivity contribution < 1.29 is 27.4 Å². The van der Waals surface area contributed by atoms with Crippen LogP contribution in [0.15, 0.2) is 57.8 Å². The fraction of sp³-hybridized carbons (Fsp3) is 0.448. The molecule has 2 atom stereocenters. The molecule has 0 saturated heterocycles. The molecule has 38 heavy (non-hydrogen) atoms. The predicted molar refractivity (Wildman–Crippen MR) is 140 cm³/mol. The number of halogens is 3. The number of hydrogen-bond donors (Lipinski definition) is 0. The molecule has 0 N–H and O–H groups in total. The van der Waals surface area contributed by atoms with E-state index in [0.29, 0.717) is 30.9 Å². The highest BCUT2D eigenvalue weighted by molar-refractivity contribution is 5.78. The van der Waals surface area contributed by atoms with E-state index in [0.717, 1.165) is 24.2 Å². The molecule has 1 heterocycles. The summed E-state index contributed by atoms with van der Waals surface area (Å²) in [5, 5.41) is 0. The summed E-state index contributed by atoms with van der Waals surface area (Å²) in [5.41, 5.74) is 0.221. The van der Waals surface area contributed by atoms with E-state index < -0.39 is 22.6 Å². The van der Waals surface area contributed by atoms with Crippen molar-refractivity contribution in [2.45, 2.75) is 57.4 Å². The van der Waals surface area contributed by atoms with Gasteiger partial charge >= 0.3 is 6.36 Å². The van der Waals surface area contributed by atoms with Gasteiger partial charge in [-0.2, -0.15) is 0 Å². The van der Waals surface area contributed by atoms with E-state index in [4.69, 9.17) is 9.47 Å². The molecule has 204 valence electrons. The highest BCUT2D eigenvalue weighted by Crippen LogP contribution is 2.53. The van der Waals surface area contributed by atoms with Gasteiger partial charge in [0.05, 0.1) is 18.8 Å². The van der Waals surface area contributed by atoms with Gasteiger partial charge in [0.2, 0.25) is 5.43 Å². The molecule has 2 unspecified atom stereocenters. The molecular formula is C29H32F3NO5. The number of ether oxygens (including phenoxy) is 3. The highest BCUT2D eigenvalue weighted by Gasteiger charge is 2.45. The van der Waals surface area contributed by atoms with E-state index in [9.17, 15) is 22.8 Å². The van der Waals surface area contributed by atoms with Crippen molar-refractivity contribution in [3.05, 3.63) is 79.8 Å². The lowest BCUT2D eigenvalue weighted by Crippen LogP contribution is -2.36. The quantitative estimate of drug-likeness (QED) is 0.350. The lowest BCUT2D eigenvalue weighted by atomic mass is 9.76. The largest absolute Gasteiger partial charge is 0.573 e. The smallest absolute Gasteiger partial charge is 0.492 e. The number of rotatable bonds is 11. The first-order valence-electron chi connectivity index (χ1n) is 12.6. The molecular weight excluding hydrogens is 499 g/mol. The summed E-state index contributed by atoms with van der Waals surface area (Å²) in [4.78, 5) is 26.6. The fourth-order valence-corrected chi connectivity index (χ4v) is 5.35. The van der Waals surface area contributed by atoms with Gasteiger partial charge in [-0.25, -0.2) is 0 Å². The maximum Gasteiger partial charge on any atom is 0.573 e. The standard InChI is InChI=1S/C29H32F3NO5/c1-18(36-3)13-15-33-23-12-11-20(38-29(30,31)32)16-22(23)28(2,14-7-10-19-8-5-6-9-19)24(33)17-21-25(34)26(35)27(21)37-4/h5-6,8-9,11-12,16-19H,7,10,13-15H2,1-4H3/b24-17+. The number of methoxy groups -OCH3 is 2. The minimum absolute atomic E-state index is 0.00617. The Bertz CT molecular complexity index is 1320. The summed E-state index contributed by atoms with van der Waals surface area (Å²) < 4.78 is 54.1. The second kappa shape index (κ2) is 10.8. The molecule has 0 bridgehead atoms. The van der Waals surface area contributed by atoms with Crippen molar-refractivity contribution in [2.24, 2.45) is 5.92 Å². The van der Waals surface area contributed by atoms with E-state index in [1.54, 1.807) is 19.3 Å². The monoisotopic (exact) mass is 531 g/mol. The lowest BCUT2D eigenvalue weighted by Gasteiger charge is -2.31. The van der Waals surface area contributed by atoms with Crippen LogP contribution in [0.5, 0.6) is 11.5 Å². The van der Waals surface area contributed by atoms with Crippen LogP contribution in [-0.2, 0) is 10.2 Å². The van der Waals surface area contributed by atoms with Crippen LogP contribution in [0.1, 0.15) is 50.7 Å². The first kappa shape index (κ1) is 27.7. The summed E-state index contributed by atoms with van der Waals surface area (Å²) in [7, 11) is 2.95. The Morgan fingerprint density at radius 1 is 1.13 bits per heavy atom. The Kier molecular flexibility index (Phi) is 7.88. The van der Waals surface area contributed by atoms with Gasteiger partial charge in [0.1, 0.15) is 5.75 Å². The second-order valence-corrected chi connectivity index (χ2v) is 10.0. The van der Waals surface area contributed by atoms with Crippen molar-refractivity contribution in [1.82, 2.24) is 0 Å². The molecule has 1 aliphatic carbocycles. The Morgan fingerprint density at radius 2 is 1.84 bits per heavy atom. The topological polar surface area (TPSA) is 65.1 Å². The average Bonchev–Trinajstić information content (AvgIpc) is 3.46. The molecule has 0 amide bonds. The van der Waals surface area contributed by atoms with Crippen molar-refractivity contribution in [2.75, 3.05) is 25.7 Å². The Hall–Kier alpha value is -3.33. The summed E-state index contributed by atoms with van der Waals surface area (Å²) in [6.45, 7) is 4.39. The van der Waals surface area contributed by atoms with Gasteiger partial charge in [-0.05, 0) is 68.9 Å². The minimum Gasteiger partial charge on any atom is -0.492 e. The Morgan fingerprint density at radius 3 is 2.47 bits per heavy atom. The number of allylic oxidation sites excluding steroid dienone is 5. The van der Waals surface area contributed by atoms with Gasteiger partial charge in [-0.1, -0.05) is 30.7 Å². The molecule has 2 aromatic rings. The minimum atomic E-state index is -4.83. The zero-order valence-corrected chi connectivity index (χ0v) is 21.9. The second-order valence-electron chi connectivity index (χ2n) is 10.0. The van der Waals surface area contributed by atoms with E-state index >= 15 is 0 Å². The summed E-state index contributed by atoms with van der Waals surface area (Å²) >= 11 is 0. The van der Waals surface area contributed by atoms with Crippen LogP contribution < -0.4 is 25.2 Å². The van der Waals surface area contributed by atoms with Crippen molar-refractivity contribution in [1.29, 1.82) is 0 Å². The van der Waals surface area contributed by atoms with E-state index in [-0.39, 0.29) is 23.2 Å². The zero-order valence-electron chi connectivity index (χ0n) is 21.9. The van der Waals surface area contributed by atoms with E-state index in [1.165, 1.54) is 19.2 Å². The normalized spacial score (nSPS) is 21.0. The maximum atomic E-state index is 13.1. The first-order chi connectivity index (χ1) is 18.0. The number of anilines is 1. The van der Waals surface area contributed by atoms with Crippen molar-refractivity contribution in [3.63, 3.8) is 0 Å². The molecule has 0 spiro atoms. The molecule has 0 fully saturated rings. The molecule has 6 nitrogen and oxygen atoms in total. The predicted octanol–water partition coefficient (Wildman–Crippen LogP) is 5.65. The molecule has 0 saturated carbocycles. The number of hydrogen-bond acceptors (Lipinski definition) is 6. The lowest BCUT2D eigenvalue weighted by molar-refractivity contribution is -0.274. The maximum absolute atomic E-state index is 13.1. The van der Waals surface area contributed by atoms with Crippen LogP contribution in [0.25, 0.3) is 6.08 Å². The van der Waals surface area contributed by atoms with Crippen LogP contribution in [0.3, 0.4) is 0 Å². The van der Waals surface area contributed by atoms with Gasteiger partial charge in [0.15, 0.2) is 5.75 Å². The van der Waals surface area contributed by atoms with Crippen LogP contribution >= 0.6 is 0 Å². The van der Waals surface area contributed by atoms with Crippen molar-refractivity contribution in [3.8, 4) is 11.5 Å². The molecule has 2 aromatic carbocycles. The van der Waals surface area contributed by atoms with Crippen molar-refractivity contribution >= 4 is 11.8 Å². The average molecular weight is 532 g/mol. The molecule has 1 aliphatic heterocycles. The van der Waals surface area contributed by atoms with Gasteiger partial charge < -0.3 is 19.1 Å². The first-order valence-corrected chi connectivity index (χ1v) is 12.6. The van der Waals surface area contributed by atoms with Crippen LogP contribution in [-0.4, -0.2) is 33.2 Å². The van der Waals surface area contributed by atoms with E-state index in [2.05, 4.69) is 16.9 Å². The highest BCUT2D eigenvalue weighted by atomic mass is 19.4. The molecule has 4 rings (SSSR count). The van der Waals surface area contributed by atoms with Crippen LogP contribution in [0.4, 0.5) is 18.9 Å². The summed E-state index contributed by atoms with van der Waals surface area (Å²) in [6, 6.07) is 4.36. The molecule has 9 heteroatoms. The third-order valence-corrected chi connectivity index (χ3v) is 7.53. The number of alkyl halides is 3. The third kappa shape index (κ3) is 5.43. The Labute approximate surface area is 219 Å². The fourth-order valence-electron chi connectivity index (χ4n) is 5.35. The number of benzene rings is 1. The van der Waals surface area contributed by atoms with Crippen LogP contribution in [0, 0.1) is 5.92 Å².